The Labute approximate surface area is 114 Å². The monoisotopic (exact) mass is 293 g/mol. The Morgan fingerprint density at radius 2 is 2.16 bits per heavy atom. The van der Waals surface area contributed by atoms with Gasteiger partial charge >= 0.3 is 5.97 Å². The molecule has 1 N–H and O–H groups in total. The second-order valence-electron chi connectivity index (χ2n) is 4.64. The van der Waals surface area contributed by atoms with Crippen LogP contribution in [-0.2, 0) is 19.6 Å². The summed E-state index contributed by atoms with van der Waals surface area (Å²) in [6, 6.07) is -0.133. The van der Waals surface area contributed by atoms with Gasteiger partial charge in [-0.3, -0.25) is 4.79 Å². The van der Waals surface area contributed by atoms with Crippen molar-refractivity contribution in [3.63, 3.8) is 0 Å². The molecule has 0 saturated carbocycles. The molecule has 0 bridgehead atoms. The van der Waals surface area contributed by atoms with Crippen molar-refractivity contribution in [2.24, 2.45) is 0 Å². The van der Waals surface area contributed by atoms with Crippen LogP contribution in [0.3, 0.4) is 0 Å². The minimum Gasteiger partial charge on any atom is -0.466 e. The summed E-state index contributed by atoms with van der Waals surface area (Å²) >= 11 is 0. The average Bonchev–Trinajstić information content (AvgIpc) is 2.38. The number of piperidine rings is 1. The van der Waals surface area contributed by atoms with E-state index in [-0.39, 0.29) is 31.4 Å². The Kier molecular flexibility index (Phi) is 6.74. The first-order chi connectivity index (χ1) is 9.01. The van der Waals surface area contributed by atoms with Crippen LogP contribution in [0.1, 0.15) is 39.0 Å². The van der Waals surface area contributed by atoms with Crippen molar-refractivity contribution in [3.05, 3.63) is 0 Å². The molecule has 0 spiro atoms. The maximum absolute atomic E-state index is 12.2. The van der Waals surface area contributed by atoms with Crippen LogP contribution in [0.15, 0.2) is 0 Å². The zero-order chi connectivity index (χ0) is 14.3. The average molecular weight is 293 g/mol. The molecule has 0 amide bonds. The maximum atomic E-state index is 12.2. The van der Waals surface area contributed by atoms with Gasteiger partial charge in [-0.15, -0.1) is 0 Å². The van der Waals surface area contributed by atoms with E-state index in [0.717, 1.165) is 19.3 Å². The van der Waals surface area contributed by atoms with E-state index < -0.39 is 16.0 Å². The quantitative estimate of drug-likeness (QED) is 0.691. The molecule has 0 aromatic carbocycles. The zero-order valence-corrected chi connectivity index (χ0v) is 12.2. The van der Waals surface area contributed by atoms with E-state index in [1.807, 2.05) is 0 Å². The van der Waals surface area contributed by atoms with E-state index in [0.29, 0.717) is 13.0 Å². The topological polar surface area (TPSA) is 83.9 Å². The van der Waals surface area contributed by atoms with Gasteiger partial charge in [-0.2, -0.15) is 4.31 Å². The molecule has 1 aliphatic heterocycles. The molecule has 1 unspecified atom stereocenters. The molecule has 6 nitrogen and oxygen atoms in total. The fraction of sp³-hybridized carbons (Fsp3) is 0.917. The first-order valence-corrected chi connectivity index (χ1v) is 8.38. The molecule has 0 aliphatic carbocycles. The number of carbonyl (C=O) groups excluding carboxylic acids is 1. The highest BCUT2D eigenvalue weighted by molar-refractivity contribution is 7.89. The maximum Gasteiger partial charge on any atom is 0.306 e. The normalized spacial score (nSPS) is 21.3. The zero-order valence-electron chi connectivity index (χ0n) is 11.4. The predicted molar refractivity (Wildman–Crippen MR) is 71.1 cm³/mol. The van der Waals surface area contributed by atoms with Crippen molar-refractivity contribution in [2.75, 3.05) is 25.5 Å². The van der Waals surface area contributed by atoms with Crippen LogP contribution in [0.25, 0.3) is 0 Å². The van der Waals surface area contributed by atoms with Crippen LogP contribution < -0.4 is 0 Å². The lowest BCUT2D eigenvalue weighted by Crippen LogP contribution is -2.45. The number of hydrogen-bond donors (Lipinski definition) is 1. The van der Waals surface area contributed by atoms with Gasteiger partial charge in [0.25, 0.3) is 0 Å². The highest BCUT2D eigenvalue weighted by atomic mass is 32.2. The largest absolute Gasteiger partial charge is 0.466 e. The van der Waals surface area contributed by atoms with Gasteiger partial charge in [0.2, 0.25) is 10.0 Å². The molecule has 0 aromatic rings. The molecule has 1 atom stereocenters. The van der Waals surface area contributed by atoms with Crippen molar-refractivity contribution in [2.45, 2.75) is 45.1 Å². The summed E-state index contributed by atoms with van der Waals surface area (Å²) in [6.07, 6.45) is 2.94. The Morgan fingerprint density at radius 3 is 2.79 bits per heavy atom. The summed E-state index contributed by atoms with van der Waals surface area (Å²) in [4.78, 5) is 11.2. The van der Waals surface area contributed by atoms with Gasteiger partial charge in [0.15, 0.2) is 0 Å². The first kappa shape index (κ1) is 16.4. The van der Waals surface area contributed by atoms with Crippen molar-refractivity contribution >= 4 is 16.0 Å². The number of hydrogen-bond acceptors (Lipinski definition) is 5. The number of aliphatic hydroxyl groups excluding tert-OH is 1. The summed E-state index contributed by atoms with van der Waals surface area (Å²) in [5.74, 6) is -0.699. The van der Waals surface area contributed by atoms with Crippen LogP contribution in [0.2, 0.25) is 0 Å². The number of aliphatic hydroxyl groups is 1. The molecule has 1 fully saturated rings. The molecule has 112 valence electrons. The molecule has 7 heteroatoms. The number of esters is 1. The van der Waals surface area contributed by atoms with E-state index in [1.165, 1.54) is 4.31 Å². The van der Waals surface area contributed by atoms with Crippen LogP contribution in [0, 0.1) is 0 Å². The molecular formula is C12H23NO5S. The minimum absolute atomic E-state index is 0.0193. The standard InChI is InChI=1S/C12H23NO5S/c1-2-18-12(15)7-10-19(16,17)13-8-4-3-5-11(13)6-9-14/h11,14H,2-10H2,1H3. The smallest absolute Gasteiger partial charge is 0.306 e. The van der Waals surface area contributed by atoms with Crippen molar-refractivity contribution in [1.82, 2.24) is 4.31 Å². The van der Waals surface area contributed by atoms with Gasteiger partial charge in [0.05, 0.1) is 18.8 Å². The SMILES string of the molecule is CCOC(=O)CCS(=O)(=O)N1CCCCC1CCO. The number of sulfonamides is 1. The summed E-state index contributed by atoms with van der Waals surface area (Å²) in [6.45, 7) is 2.41. The lowest BCUT2D eigenvalue weighted by molar-refractivity contribution is -0.142. The van der Waals surface area contributed by atoms with E-state index in [1.54, 1.807) is 6.92 Å². The third kappa shape index (κ3) is 5.08. The summed E-state index contributed by atoms with van der Waals surface area (Å²) in [7, 11) is -3.45. The fourth-order valence-corrected chi connectivity index (χ4v) is 4.07. The van der Waals surface area contributed by atoms with Gasteiger partial charge in [0, 0.05) is 19.2 Å². The van der Waals surface area contributed by atoms with Crippen molar-refractivity contribution in [1.29, 1.82) is 0 Å². The van der Waals surface area contributed by atoms with E-state index in [2.05, 4.69) is 0 Å². The Balaban J connectivity index is 2.60. The fourth-order valence-electron chi connectivity index (χ4n) is 2.34. The molecule has 1 heterocycles. The number of ether oxygens (including phenoxy) is 1. The first-order valence-electron chi connectivity index (χ1n) is 6.77. The third-order valence-electron chi connectivity index (χ3n) is 3.26. The number of nitrogens with zero attached hydrogens (tertiary/aromatic N) is 1. The van der Waals surface area contributed by atoms with Gasteiger partial charge < -0.3 is 9.84 Å². The van der Waals surface area contributed by atoms with Crippen LogP contribution in [-0.4, -0.2) is 55.4 Å². The molecular weight excluding hydrogens is 270 g/mol. The van der Waals surface area contributed by atoms with Gasteiger partial charge in [-0.25, -0.2) is 8.42 Å². The van der Waals surface area contributed by atoms with E-state index >= 15 is 0 Å². The van der Waals surface area contributed by atoms with Crippen LogP contribution in [0.4, 0.5) is 0 Å². The van der Waals surface area contributed by atoms with Gasteiger partial charge in [-0.1, -0.05) is 6.42 Å². The van der Waals surface area contributed by atoms with E-state index in [9.17, 15) is 13.2 Å². The Bertz CT molecular complexity index is 380. The molecule has 19 heavy (non-hydrogen) atoms. The second-order valence-corrected chi connectivity index (χ2v) is 6.68. The van der Waals surface area contributed by atoms with Crippen molar-refractivity contribution < 1.29 is 23.1 Å². The number of carbonyl (C=O) groups is 1. The summed E-state index contributed by atoms with van der Waals surface area (Å²) < 4.78 is 30.6. The number of rotatable bonds is 7. The molecule has 1 aliphatic rings. The highest BCUT2D eigenvalue weighted by Crippen LogP contribution is 2.23. The molecule has 0 aromatic heterocycles. The highest BCUT2D eigenvalue weighted by Gasteiger charge is 2.32. The molecule has 0 radical (unpaired) electrons. The molecule has 1 saturated heterocycles. The predicted octanol–water partition coefficient (Wildman–Crippen LogP) is 0.506. The molecule has 1 rings (SSSR count). The Hall–Kier alpha value is -0.660. The van der Waals surface area contributed by atoms with Gasteiger partial charge in [0.1, 0.15) is 0 Å². The Morgan fingerprint density at radius 1 is 1.42 bits per heavy atom. The van der Waals surface area contributed by atoms with Crippen LogP contribution >= 0.6 is 0 Å². The lowest BCUT2D eigenvalue weighted by Gasteiger charge is -2.34. The van der Waals surface area contributed by atoms with Crippen molar-refractivity contribution in [3.8, 4) is 0 Å². The summed E-state index contributed by atoms with van der Waals surface area (Å²) in [5.41, 5.74) is 0. The van der Waals surface area contributed by atoms with E-state index in [4.69, 9.17) is 9.84 Å². The second kappa shape index (κ2) is 7.81. The summed E-state index contributed by atoms with van der Waals surface area (Å²) in [5, 5.41) is 8.99. The minimum atomic E-state index is -3.45. The third-order valence-corrected chi connectivity index (χ3v) is 5.18. The van der Waals surface area contributed by atoms with Crippen LogP contribution in [0.5, 0.6) is 0 Å². The lowest BCUT2D eigenvalue weighted by atomic mass is 10.0. The van der Waals surface area contributed by atoms with Gasteiger partial charge in [-0.05, 0) is 26.2 Å².